The Morgan fingerprint density at radius 3 is 3.14 bits per heavy atom. The van der Waals surface area contributed by atoms with Gasteiger partial charge in [0.25, 0.3) is 0 Å². The van der Waals surface area contributed by atoms with Crippen molar-refractivity contribution >= 4 is 11.6 Å². The third-order valence-electron chi connectivity index (χ3n) is 2.68. The summed E-state index contributed by atoms with van der Waals surface area (Å²) < 4.78 is 10.8. The van der Waals surface area contributed by atoms with Gasteiger partial charge in [0.15, 0.2) is 11.5 Å². The van der Waals surface area contributed by atoms with E-state index in [-0.39, 0.29) is 0 Å². The highest BCUT2D eigenvalue weighted by molar-refractivity contribution is 6.31. The minimum absolute atomic E-state index is 0.315. The topological polar surface area (TPSA) is 30.5 Å². The smallest absolute Gasteiger partial charge is 0.231 e. The molecule has 14 heavy (non-hydrogen) atoms. The van der Waals surface area contributed by atoms with E-state index in [1.54, 1.807) is 0 Å². The van der Waals surface area contributed by atoms with Crippen molar-refractivity contribution in [2.75, 3.05) is 13.3 Å². The predicted molar refractivity (Wildman–Crippen MR) is 53.0 cm³/mol. The van der Waals surface area contributed by atoms with Gasteiger partial charge in [0, 0.05) is 23.2 Å². The Kier molecular flexibility index (Phi) is 1.82. The number of fused-ring (bicyclic) bond motifs is 3. The predicted octanol–water partition coefficient (Wildman–Crippen LogP) is 1.71. The van der Waals surface area contributed by atoms with Crippen LogP contribution in [0.3, 0.4) is 0 Å². The van der Waals surface area contributed by atoms with Crippen LogP contribution in [-0.2, 0) is 13.0 Å². The molecule has 3 rings (SSSR count). The largest absolute Gasteiger partial charge is 0.454 e. The highest BCUT2D eigenvalue weighted by atomic mass is 35.5. The molecule has 0 fully saturated rings. The second-order valence-corrected chi connectivity index (χ2v) is 3.88. The maximum absolute atomic E-state index is 6.15. The Morgan fingerprint density at radius 2 is 2.21 bits per heavy atom. The summed E-state index contributed by atoms with van der Waals surface area (Å²) in [5.41, 5.74) is 2.37. The molecule has 0 saturated heterocycles. The molecule has 0 saturated carbocycles. The van der Waals surface area contributed by atoms with Crippen molar-refractivity contribution in [2.24, 2.45) is 0 Å². The number of rotatable bonds is 0. The summed E-state index contributed by atoms with van der Waals surface area (Å²) in [5.74, 6) is 1.68. The Morgan fingerprint density at radius 1 is 1.29 bits per heavy atom. The molecule has 4 heteroatoms. The Hall–Kier alpha value is -0.930. The van der Waals surface area contributed by atoms with Crippen molar-refractivity contribution in [1.29, 1.82) is 0 Å². The van der Waals surface area contributed by atoms with Gasteiger partial charge in [0.05, 0.1) is 0 Å². The van der Waals surface area contributed by atoms with Gasteiger partial charge in [-0.15, -0.1) is 0 Å². The third-order valence-corrected chi connectivity index (χ3v) is 3.02. The van der Waals surface area contributed by atoms with E-state index in [4.69, 9.17) is 21.1 Å². The van der Waals surface area contributed by atoms with Gasteiger partial charge in [-0.2, -0.15) is 0 Å². The van der Waals surface area contributed by atoms with E-state index in [2.05, 4.69) is 5.32 Å². The number of halogens is 1. The summed E-state index contributed by atoms with van der Waals surface area (Å²) in [5, 5.41) is 4.07. The summed E-state index contributed by atoms with van der Waals surface area (Å²) in [6.07, 6.45) is 0.960. The molecule has 2 aliphatic rings. The lowest BCUT2D eigenvalue weighted by Crippen LogP contribution is -2.24. The molecule has 0 spiro atoms. The molecule has 3 nitrogen and oxygen atoms in total. The molecule has 0 radical (unpaired) electrons. The Bertz CT molecular complexity index is 388. The highest BCUT2D eigenvalue weighted by Gasteiger charge is 2.24. The molecule has 0 bridgehead atoms. The first kappa shape index (κ1) is 8.38. The van der Waals surface area contributed by atoms with E-state index in [0.29, 0.717) is 6.79 Å². The van der Waals surface area contributed by atoms with Gasteiger partial charge in [0.1, 0.15) is 0 Å². The fraction of sp³-hybridized carbons (Fsp3) is 0.400. The number of hydrogen-bond acceptors (Lipinski definition) is 3. The van der Waals surface area contributed by atoms with Crippen molar-refractivity contribution in [3.05, 3.63) is 22.2 Å². The van der Waals surface area contributed by atoms with Gasteiger partial charge in [-0.25, -0.2) is 0 Å². The van der Waals surface area contributed by atoms with Crippen molar-refractivity contribution in [1.82, 2.24) is 5.32 Å². The summed E-state index contributed by atoms with van der Waals surface area (Å²) in [6.45, 7) is 2.11. The standard InChI is InChI=1S/C10H10ClNO2/c11-8-3-9-10(14-5-13-9)6-1-2-12-4-7(6)8/h3,12H,1-2,4-5H2. The van der Waals surface area contributed by atoms with E-state index >= 15 is 0 Å². The highest BCUT2D eigenvalue weighted by Crippen LogP contribution is 2.42. The van der Waals surface area contributed by atoms with Crippen LogP contribution in [0, 0.1) is 0 Å². The molecule has 0 aromatic heterocycles. The SMILES string of the molecule is Clc1cc2c(c3c1CNCC3)OCO2. The second kappa shape index (κ2) is 3.04. The minimum atomic E-state index is 0.315. The van der Waals surface area contributed by atoms with Gasteiger partial charge in [0.2, 0.25) is 6.79 Å². The van der Waals surface area contributed by atoms with E-state index in [0.717, 1.165) is 41.6 Å². The first-order chi connectivity index (χ1) is 6.86. The van der Waals surface area contributed by atoms with Gasteiger partial charge in [-0.05, 0) is 18.5 Å². The Labute approximate surface area is 87.0 Å². The summed E-state index contributed by atoms with van der Waals surface area (Å²) >= 11 is 6.15. The first-order valence-corrected chi connectivity index (χ1v) is 5.04. The van der Waals surface area contributed by atoms with Crippen LogP contribution in [0.5, 0.6) is 11.5 Å². The number of nitrogens with one attached hydrogen (secondary N) is 1. The average molecular weight is 212 g/mol. The van der Waals surface area contributed by atoms with Crippen LogP contribution in [0.4, 0.5) is 0 Å². The van der Waals surface area contributed by atoms with E-state index in [9.17, 15) is 0 Å². The van der Waals surface area contributed by atoms with Crippen molar-refractivity contribution in [3.8, 4) is 11.5 Å². The quantitative estimate of drug-likeness (QED) is 0.709. The lowest BCUT2D eigenvalue weighted by Gasteiger charge is -2.19. The zero-order valence-corrected chi connectivity index (χ0v) is 8.36. The Balaban J connectivity index is 2.22. The van der Waals surface area contributed by atoms with Crippen LogP contribution in [0.15, 0.2) is 6.07 Å². The van der Waals surface area contributed by atoms with Gasteiger partial charge in [-0.3, -0.25) is 0 Å². The summed E-state index contributed by atoms with van der Waals surface area (Å²) in [4.78, 5) is 0. The summed E-state index contributed by atoms with van der Waals surface area (Å²) in [6, 6.07) is 1.84. The second-order valence-electron chi connectivity index (χ2n) is 3.48. The van der Waals surface area contributed by atoms with Gasteiger partial charge in [-0.1, -0.05) is 11.6 Å². The van der Waals surface area contributed by atoms with E-state index in [1.165, 1.54) is 5.56 Å². The molecule has 0 unspecified atom stereocenters. The van der Waals surface area contributed by atoms with Crippen LogP contribution >= 0.6 is 11.6 Å². The molecule has 0 aliphatic carbocycles. The molecule has 74 valence electrons. The number of ether oxygens (including phenoxy) is 2. The van der Waals surface area contributed by atoms with Crippen LogP contribution < -0.4 is 14.8 Å². The molecular formula is C10H10ClNO2. The van der Waals surface area contributed by atoms with Crippen LogP contribution in [0.1, 0.15) is 11.1 Å². The molecule has 2 aliphatic heterocycles. The third kappa shape index (κ3) is 1.09. The van der Waals surface area contributed by atoms with Crippen LogP contribution in [0.2, 0.25) is 5.02 Å². The summed E-state index contributed by atoms with van der Waals surface area (Å²) in [7, 11) is 0. The lowest BCUT2D eigenvalue weighted by molar-refractivity contribution is 0.173. The molecule has 1 aromatic carbocycles. The van der Waals surface area contributed by atoms with Crippen molar-refractivity contribution in [3.63, 3.8) is 0 Å². The zero-order valence-electron chi connectivity index (χ0n) is 7.60. The molecule has 1 aromatic rings. The van der Waals surface area contributed by atoms with Gasteiger partial charge >= 0.3 is 0 Å². The molecule has 0 amide bonds. The van der Waals surface area contributed by atoms with Crippen LogP contribution in [-0.4, -0.2) is 13.3 Å². The number of benzene rings is 1. The van der Waals surface area contributed by atoms with Crippen LogP contribution in [0.25, 0.3) is 0 Å². The van der Waals surface area contributed by atoms with Crippen molar-refractivity contribution < 1.29 is 9.47 Å². The monoisotopic (exact) mass is 211 g/mol. The fourth-order valence-electron chi connectivity index (χ4n) is 2.00. The first-order valence-electron chi connectivity index (χ1n) is 4.67. The van der Waals surface area contributed by atoms with Crippen molar-refractivity contribution in [2.45, 2.75) is 13.0 Å². The van der Waals surface area contributed by atoms with E-state index in [1.807, 2.05) is 6.07 Å². The molecule has 1 N–H and O–H groups in total. The molecular weight excluding hydrogens is 202 g/mol. The van der Waals surface area contributed by atoms with E-state index < -0.39 is 0 Å². The number of hydrogen-bond donors (Lipinski definition) is 1. The maximum atomic E-state index is 6.15. The fourth-order valence-corrected chi connectivity index (χ4v) is 2.28. The normalized spacial score (nSPS) is 18.1. The minimum Gasteiger partial charge on any atom is -0.454 e. The maximum Gasteiger partial charge on any atom is 0.231 e. The molecule has 2 heterocycles. The lowest BCUT2D eigenvalue weighted by atomic mass is 9.99. The zero-order chi connectivity index (χ0) is 9.54. The van der Waals surface area contributed by atoms with Gasteiger partial charge < -0.3 is 14.8 Å². The molecule has 0 atom stereocenters. The average Bonchev–Trinajstić information content (AvgIpc) is 2.66.